The number of ether oxygens (including phenoxy) is 1. The minimum atomic E-state index is -0.901. The summed E-state index contributed by atoms with van der Waals surface area (Å²) in [6.45, 7) is 6.27. The number of nitrogens with zero attached hydrogens (tertiary/aromatic N) is 3. The minimum absolute atomic E-state index is 0.000776. The summed E-state index contributed by atoms with van der Waals surface area (Å²) in [5.74, 6) is 1.09. The molecule has 9 heteroatoms. The molecule has 0 bridgehead atoms. The minimum Gasteiger partial charge on any atom is -0.490 e. The summed E-state index contributed by atoms with van der Waals surface area (Å²) < 4.78 is 11.4. The van der Waals surface area contributed by atoms with Crippen LogP contribution in [0, 0.1) is 13.8 Å². The highest BCUT2D eigenvalue weighted by molar-refractivity contribution is 5.76. The Bertz CT molecular complexity index is 1160. The maximum atomic E-state index is 11.1. The number of amides is 1. The Labute approximate surface area is 205 Å². The molecule has 0 aliphatic carbocycles. The normalized spacial score (nSPS) is 12.1. The van der Waals surface area contributed by atoms with Gasteiger partial charge in [-0.1, -0.05) is 18.1 Å². The topological polar surface area (TPSA) is 121 Å². The predicted octanol–water partition coefficient (Wildman–Crippen LogP) is 2.49. The molecule has 3 N–H and O–H groups in total. The maximum absolute atomic E-state index is 11.1. The summed E-state index contributed by atoms with van der Waals surface area (Å²) in [6, 6.07) is 10.0. The van der Waals surface area contributed by atoms with Crippen molar-refractivity contribution in [3.63, 3.8) is 0 Å². The molecule has 1 aromatic heterocycles. The first-order valence-corrected chi connectivity index (χ1v) is 11.6. The van der Waals surface area contributed by atoms with Gasteiger partial charge in [0.15, 0.2) is 0 Å². The lowest BCUT2D eigenvalue weighted by atomic mass is 10.0. The number of carbonyl (C=O) groups excluding carboxylic acids is 1. The van der Waals surface area contributed by atoms with E-state index in [9.17, 15) is 9.90 Å². The second-order valence-corrected chi connectivity index (χ2v) is 8.86. The fraction of sp³-hybridized carbons (Fsp3) is 0.423. The van der Waals surface area contributed by atoms with Crippen molar-refractivity contribution in [3.8, 4) is 28.6 Å². The molecule has 0 saturated heterocycles. The lowest BCUT2D eigenvalue weighted by molar-refractivity contribution is -0.124. The molecular weight excluding hydrogens is 448 g/mol. The molecule has 0 aliphatic heterocycles. The van der Waals surface area contributed by atoms with E-state index in [-0.39, 0.29) is 13.2 Å². The van der Waals surface area contributed by atoms with Crippen LogP contribution in [0.3, 0.4) is 0 Å². The molecule has 0 spiro atoms. The first-order chi connectivity index (χ1) is 16.7. The van der Waals surface area contributed by atoms with Gasteiger partial charge in [0.05, 0.1) is 0 Å². The highest BCUT2D eigenvalue weighted by Crippen LogP contribution is 2.31. The molecule has 1 atom stereocenters. The molecule has 0 radical (unpaired) electrons. The maximum Gasteiger partial charge on any atom is 0.258 e. The quantitative estimate of drug-likeness (QED) is 0.381. The van der Waals surface area contributed by atoms with Crippen LogP contribution in [0.5, 0.6) is 5.75 Å². The number of nitrogens with one attached hydrogen (secondary N) is 1. The predicted molar refractivity (Wildman–Crippen MR) is 133 cm³/mol. The second-order valence-electron chi connectivity index (χ2n) is 8.86. The number of aliphatic hydroxyl groups excluding tert-OH is 2. The van der Waals surface area contributed by atoms with Gasteiger partial charge in [-0.25, -0.2) is 0 Å². The third-order valence-electron chi connectivity index (χ3n) is 5.59. The molecule has 1 amide bonds. The van der Waals surface area contributed by atoms with Crippen molar-refractivity contribution in [2.75, 3.05) is 33.9 Å². The van der Waals surface area contributed by atoms with Crippen LogP contribution in [-0.2, 0) is 17.8 Å². The highest BCUT2D eigenvalue weighted by Gasteiger charge is 2.17. The van der Waals surface area contributed by atoms with Crippen LogP contribution >= 0.6 is 0 Å². The summed E-state index contributed by atoms with van der Waals surface area (Å²) in [6.07, 6.45) is -0.194. The zero-order valence-electron chi connectivity index (χ0n) is 21.0. The van der Waals surface area contributed by atoms with E-state index >= 15 is 0 Å². The summed E-state index contributed by atoms with van der Waals surface area (Å²) in [5, 5.41) is 25.5. The molecule has 0 aliphatic rings. The van der Waals surface area contributed by atoms with Gasteiger partial charge in [0.2, 0.25) is 11.7 Å². The summed E-state index contributed by atoms with van der Waals surface area (Å²) in [4.78, 5) is 17.9. The van der Waals surface area contributed by atoms with Gasteiger partial charge in [-0.15, -0.1) is 0 Å². The van der Waals surface area contributed by atoms with Crippen LogP contribution in [0.1, 0.15) is 29.2 Å². The van der Waals surface area contributed by atoms with Gasteiger partial charge < -0.3 is 29.7 Å². The van der Waals surface area contributed by atoms with Crippen molar-refractivity contribution >= 4 is 5.91 Å². The third kappa shape index (κ3) is 6.88. The van der Waals surface area contributed by atoms with Crippen molar-refractivity contribution in [2.24, 2.45) is 0 Å². The molecular formula is C26H34N4O5. The lowest BCUT2D eigenvalue weighted by Gasteiger charge is -2.17. The van der Waals surface area contributed by atoms with Gasteiger partial charge in [-0.05, 0) is 80.9 Å². The molecule has 0 saturated carbocycles. The molecule has 2 aromatic carbocycles. The molecule has 3 aromatic rings. The molecule has 188 valence electrons. The van der Waals surface area contributed by atoms with Crippen LogP contribution in [0.15, 0.2) is 34.9 Å². The number of hydrogen-bond acceptors (Lipinski definition) is 8. The Morgan fingerprint density at radius 2 is 1.89 bits per heavy atom. The first kappa shape index (κ1) is 26.3. The van der Waals surface area contributed by atoms with Crippen molar-refractivity contribution in [1.82, 2.24) is 20.4 Å². The van der Waals surface area contributed by atoms with Gasteiger partial charge in [-0.3, -0.25) is 4.79 Å². The molecule has 0 fully saturated rings. The van der Waals surface area contributed by atoms with E-state index in [1.54, 1.807) is 0 Å². The van der Waals surface area contributed by atoms with Crippen LogP contribution < -0.4 is 10.1 Å². The van der Waals surface area contributed by atoms with Crippen LogP contribution in [0.25, 0.3) is 22.8 Å². The van der Waals surface area contributed by atoms with Crippen molar-refractivity contribution < 1.29 is 24.3 Å². The number of rotatable bonds is 11. The number of carbonyl (C=O) groups is 1. The molecule has 9 nitrogen and oxygen atoms in total. The van der Waals surface area contributed by atoms with E-state index < -0.39 is 18.6 Å². The van der Waals surface area contributed by atoms with Gasteiger partial charge in [0.1, 0.15) is 25.1 Å². The fourth-order valence-electron chi connectivity index (χ4n) is 3.78. The Balaban J connectivity index is 1.76. The van der Waals surface area contributed by atoms with E-state index in [0.717, 1.165) is 28.8 Å². The molecule has 1 heterocycles. The third-order valence-corrected chi connectivity index (χ3v) is 5.59. The Morgan fingerprint density at radius 1 is 1.14 bits per heavy atom. The summed E-state index contributed by atoms with van der Waals surface area (Å²) >= 11 is 0. The van der Waals surface area contributed by atoms with Gasteiger partial charge in [0, 0.05) is 24.2 Å². The van der Waals surface area contributed by atoms with E-state index in [1.807, 2.05) is 46.1 Å². The Morgan fingerprint density at radius 3 is 2.54 bits per heavy atom. The highest BCUT2D eigenvalue weighted by atomic mass is 16.5. The smallest absolute Gasteiger partial charge is 0.258 e. The average molecular weight is 483 g/mol. The van der Waals surface area contributed by atoms with E-state index in [1.165, 1.54) is 11.1 Å². The van der Waals surface area contributed by atoms with Crippen LogP contribution in [0.4, 0.5) is 0 Å². The van der Waals surface area contributed by atoms with E-state index in [0.29, 0.717) is 23.9 Å². The molecule has 35 heavy (non-hydrogen) atoms. The van der Waals surface area contributed by atoms with Crippen molar-refractivity contribution in [3.05, 3.63) is 52.6 Å². The summed E-state index contributed by atoms with van der Waals surface area (Å²) in [5.41, 5.74) is 5.93. The number of aryl methyl sites for hydroxylation is 3. The lowest BCUT2D eigenvalue weighted by Crippen LogP contribution is -2.36. The SMILES string of the molecule is CCc1cc(-c2noc(-c3ccc(CN(C)C)c(C)c3)n2)cc(C)c1OC[C@@H](O)CNC(=O)CO. The summed E-state index contributed by atoms with van der Waals surface area (Å²) in [7, 11) is 4.09. The monoisotopic (exact) mass is 482 g/mol. The van der Waals surface area contributed by atoms with E-state index in [4.69, 9.17) is 14.4 Å². The standard InChI is InChI=1S/C26H34N4O5/c1-6-18-11-21(10-17(3)24(18)34-15-22(32)12-27-23(33)14-31)25-28-26(35-29-25)19-7-8-20(13-30(4)5)16(2)9-19/h7-11,22,31-32H,6,12-15H2,1-5H3,(H,27,33)/t22-/m0/s1. The van der Waals surface area contributed by atoms with Crippen LogP contribution in [-0.4, -0.2) is 71.1 Å². The van der Waals surface area contributed by atoms with Gasteiger partial charge in [0.25, 0.3) is 5.89 Å². The molecule has 3 rings (SSSR count). The zero-order valence-corrected chi connectivity index (χ0v) is 21.0. The number of benzene rings is 2. The van der Waals surface area contributed by atoms with E-state index in [2.05, 4.69) is 39.4 Å². The Kier molecular flexibility index (Phi) is 8.97. The average Bonchev–Trinajstić information content (AvgIpc) is 3.32. The second kappa shape index (κ2) is 11.9. The number of aliphatic hydroxyl groups is 2. The van der Waals surface area contributed by atoms with Crippen molar-refractivity contribution in [2.45, 2.75) is 39.8 Å². The van der Waals surface area contributed by atoms with Gasteiger partial charge >= 0.3 is 0 Å². The molecule has 0 unspecified atom stereocenters. The first-order valence-electron chi connectivity index (χ1n) is 11.6. The zero-order chi connectivity index (χ0) is 25.5. The van der Waals surface area contributed by atoms with Crippen LogP contribution in [0.2, 0.25) is 0 Å². The largest absolute Gasteiger partial charge is 0.490 e. The number of hydrogen-bond donors (Lipinski definition) is 3. The fourth-order valence-corrected chi connectivity index (χ4v) is 3.78. The number of aromatic nitrogens is 2. The van der Waals surface area contributed by atoms with Crippen molar-refractivity contribution in [1.29, 1.82) is 0 Å². The van der Waals surface area contributed by atoms with Gasteiger partial charge in [-0.2, -0.15) is 4.98 Å². The Hall–Kier alpha value is -3.27.